The minimum absolute atomic E-state index is 0.492. The molecule has 11 rings (SSSR count). The molecule has 0 aliphatic rings. The first-order valence-electron chi connectivity index (χ1n) is 19.6. The van der Waals surface area contributed by atoms with Crippen molar-refractivity contribution in [2.75, 3.05) is 0 Å². The second-order valence-corrected chi connectivity index (χ2v) is 14.7. The summed E-state index contributed by atoms with van der Waals surface area (Å²) < 4.78 is 4.53. The van der Waals surface area contributed by atoms with E-state index in [9.17, 15) is 10.5 Å². The molecule has 7 heteroatoms. The maximum Gasteiger partial charge on any atom is 0.164 e. The number of rotatable bonds is 6. The lowest BCUT2D eigenvalue weighted by atomic mass is 10.0. The summed E-state index contributed by atoms with van der Waals surface area (Å²) in [5, 5.41) is 24.7. The van der Waals surface area contributed by atoms with Gasteiger partial charge in [-0.1, -0.05) is 121 Å². The molecule has 0 aliphatic heterocycles. The van der Waals surface area contributed by atoms with Gasteiger partial charge in [0.05, 0.1) is 45.0 Å². The van der Waals surface area contributed by atoms with E-state index in [1.807, 2.05) is 109 Å². The van der Waals surface area contributed by atoms with Crippen LogP contribution in [0.5, 0.6) is 0 Å². The lowest BCUT2D eigenvalue weighted by Gasteiger charge is -2.13. The molecule has 0 fully saturated rings. The summed E-state index contributed by atoms with van der Waals surface area (Å²) >= 11 is 0. The third kappa shape index (κ3) is 5.69. The molecule has 7 nitrogen and oxygen atoms in total. The van der Waals surface area contributed by atoms with Gasteiger partial charge in [-0.3, -0.25) is 0 Å². The van der Waals surface area contributed by atoms with Gasteiger partial charge in [-0.2, -0.15) is 10.5 Å². The molecule has 60 heavy (non-hydrogen) atoms. The highest BCUT2D eigenvalue weighted by molar-refractivity contribution is 6.19. The van der Waals surface area contributed by atoms with Gasteiger partial charge in [-0.25, -0.2) is 15.0 Å². The minimum atomic E-state index is 0.492. The second kappa shape index (κ2) is 14.1. The molecule has 3 aromatic heterocycles. The van der Waals surface area contributed by atoms with Crippen molar-refractivity contribution in [3.05, 3.63) is 199 Å². The summed E-state index contributed by atoms with van der Waals surface area (Å²) in [5.41, 5.74) is 11.7. The minimum Gasteiger partial charge on any atom is -0.309 e. The largest absolute Gasteiger partial charge is 0.309 e. The number of aromatic nitrogens is 5. The molecule has 0 unspecified atom stereocenters. The van der Waals surface area contributed by atoms with Crippen molar-refractivity contribution in [2.45, 2.75) is 0 Å². The van der Waals surface area contributed by atoms with Gasteiger partial charge in [-0.05, 0) is 77.9 Å². The van der Waals surface area contributed by atoms with E-state index >= 15 is 0 Å². The Labute approximate surface area is 345 Å². The number of para-hydroxylation sites is 2. The monoisotopic (exact) mass is 765 g/mol. The summed E-state index contributed by atoms with van der Waals surface area (Å²) in [5.74, 6) is 1.62. The van der Waals surface area contributed by atoms with Crippen LogP contribution in [0.15, 0.2) is 188 Å². The molecule has 11 aromatic rings. The zero-order valence-corrected chi connectivity index (χ0v) is 32.0. The normalized spacial score (nSPS) is 11.3. The Bertz CT molecular complexity index is 3490. The number of hydrogen-bond acceptors (Lipinski definition) is 5. The van der Waals surface area contributed by atoms with Crippen molar-refractivity contribution < 1.29 is 0 Å². The fourth-order valence-electron chi connectivity index (χ4n) is 8.44. The van der Waals surface area contributed by atoms with E-state index in [2.05, 4.69) is 100 Å². The van der Waals surface area contributed by atoms with Gasteiger partial charge in [0.25, 0.3) is 0 Å². The van der Waals surface area contributed by atoms with E-state index in [0.717, 1.165) is 82.8 Å². The standard InChI is InChI=1S/C53H31N7/c54-32-34-12-11-17-38(28-34)35-22-25-41(26-23-35)59-47-20-9-7-18-42(47)44-31-50-45(30-49(44)59)43-19-8-10-21-48(43)60(50)46-27-24-39(29-40(46)33-55)53-57-51(36-13-3-1-4-14-36)56-52(58-53)37-15-5-2-6-16-37/h1-31H. The molecule has 278 valence electrons. The van der Waals surface area contributed by atoms with Crippen molar-refractivity contribution >= 4 is 43.6 Å². The van der Waals surface area contributed by atoms with Crippen molar-refractivity contribution in [1.82, 2.24) is 24.1 Å². The van der Waals surface area contributed by atoms with Gasteiger partial charge >= 0.3 is 0 Å². The van der Waals surface area contributed by atoms with Crippen LogP contribution in [0, 0.1) is 22.7 Å². The molecule has 0 atom stereocenters. The number of hydrogen-bond donors (Lipinski definition) is 0. The van der Waals surface area contributed by atoms with Crippen LogP contribution in [-0.4, -0.2) is 24.1 Å². The third-order valence-corrected chi connectivity index (χ3v) is 11.2. The number of benzene rings is 8. The van der Waals surface area contributed by atoms with Crippen LogP contribution in [-0.2, 0) is 0 Å². The second-order valence-electron chi connectivity index (χ2n) is 14.7. The summed E-state index contributed by atoms with van der Waals surface area (Å²) in [6.45, 7) is 0. The highest BCUT2D eigenvalue weighted by Gasteiger charge is 2.21. The van der Waals surface area contributed by atoms with Gasteiger partial charge < -0.3 is 9.13 Å². The van der Waals surface area contributed by atoms with Gasteiger partial charge in [0.2, 0.25) is 0 Å². The first-order chi connectivity index (χ1) is 29.6. The topological polar surface area (TPSA) is 96.1 Å². The average molecular weight is 766 g/mol. The van der Waals surface area contributed by atoms with Crippen LogP contribution in [0.3, 0.4) is 0 Å². The molecular weight excluding hydrogens is 735 g/mol. The quantitative estimate of drug-likeness (QED) is 0.168. The van der Waals surface area contributed by atoms with E-state index in [0.29, 0.717) is 28.6 Å². The predicted molar refractivity (Wildman–Crippen MR) is 240 cm³/mol. The number of fused-ring (bicyclic) bond motifs is 6. The fraction of sp³-hybridized carbons (Fsp3) is 0. The van der Waals surface area contributed by atoms with Gasteiger partial charge in [0, 0.05) is 43.9 Å². The van der Waals surface area contributed by atoms with Crippen LogP contribution in [0.4, 0.5) is 0 Å². The predicted octanol–water partition coefficient (Wildman–Crippen LogP) is 12.5. The van der Waals surface area contributed by atoms with Crippen LogP contribution < -0.4 is 0 Å². The number of nitriles is 2. The van der Waals surface area contributed by atoms with Gasteiger partial charge in [-0.15, -0.1) is 0 Å². The van der Waals surface area contributed by atoms with E-state index in [4.69, 9.17) is 15.0 Å². The lowest BCUT2D eigenvalue weighted by Crippen LogP contribution is -2.02. The Morgan fingerprint density at radius 2 is 0.867 bits per heavy atom. The molecule has 0 spiro atoms. The molecule has 0 amide bonds. The molecule has 0 radical (unpaired) electrons. The summed E-state index contributed by atoms with van der Waals surface area (Å²) in [6, 6.07) is 68.1. The van der Waals surface area contributed by atoms with Crippen molar-refractivity contribution in [1.29, 1.82) is 10.5 Å². The Morgan fingerprint density at radius 3 is 1.47 bits per heavy atom. The Kier molecular flexibility index (Phi) is 8.11. The van der Waals surface area contributed by atoms with E-state index in [1.165, 1.54) is 0 Å². The van der Waals surface area contributed by atoms with Crippen LogP contribution >= 0.6 is 0 Å². The lowest BCUT2D eigenvalue weighted by molar-refractivity contribution is 1.07. The molecule has 0 aliphatic carbocycles. The molecule has 3 heterocycles. The average Bonchev–Trinajstić information content (AvgIpc) is 3.82. The maximum atomic E-state index is 10.8. The smallest absolute Gasteiger partial charge is 0.164 e. The zero-order chi connectivity index (χ0) is 40.2. The molecular formula is C53H31N7. The Balaban J connectivity index is 1.08. The van der Waals surface area contributed by atoms with Gasteiger partial charge in [0.1, 0.15) is 6.07 Å². The highest BCUT2D eigenvalue weighted by Crippen LogP contribution is 2.41. The van der Waals surface area contributed by atoms with Crippen LogP contribution in [0.2, 0.25) is 0 Å². The summed E-state index contributed by atoms with van der Waals surface area (Å²) in [7, 11) is 0. The van der Waals surface area contributed by atoms with E-state index in [-0.39, 0.29) is 0 Å². The Hall–Kier alpha value is -8.65. The van der Waals surface area contributed by atoms with E-state index in [1.54, 1.807) is 0 Å². The van der Waals surface area contributed by atoms with Crippen molar-refractivity contribution in [3.8, 4) is 68.8 Å². The first kappa shape index (κ1) is 34.6. The molecule has 0 N–H and O–H groups in total. The van der Waals surface area contributed by atoms with Gasteiger partial charge in [0.15, 0.2) is 17.5 Å². The summed E-state index contributed by atoms with van der Waals surface area (Å²) in [4.78, 5) is 14.7. The van der Waals surface area contributed by atoms with E-state index < -0.39 is 0 Å². The highest BCUT2D eigenvalue weighted by atomic mass is 15.0. The van der Waals surface area contributed by atoms with Crippen molar-refractivity contribution in [2.24, 2.45) is 0 Å². The SMILES string of the molecule is N#Cc1cccc(-c2ccc(-n3c4ccccc4c4cc5c(cc43)c3ccccc3n5-c3ccc(-c4nc(-c5ccccc5)nc(-c5ccccc5)n4)cc3C#N)cc2)c1. The molecule has 0 saturated heterocycles. The number of nitrogens with zero attached hydrogens (tertiary/aromatic N) is 7. The third-order valence-electron chi connectivity index (χ3n) is 11.2. The summed E-state index contributed by atoms with van der Waals surface area (Å²) in [6.07, 6.45) is 0. The fourth-order valence-corrected chi connectivity index (χ4v) is 8.44. The zero-order valence-electron chi connectivity index (χ0n) is 32.0. The molecule has 8 aromatic carbocycles. The maximum absolute atomic E-state index is 10.8. The molecule has 0 saturated carbocycles. The van der Waals surface area contributed by atoms with Crippen LogP contribution in [0.25, 0.3) is 100 Å². The Morgan fingerprint density at radius 1 is 0.350 bits per heavy atom. The molecule has 0 bridgehead atoms. The van der Waals surface area contributed by atoms with Crippen molar-refractivity contribution in [3.63, 3.8) is 0 Å². The first-order valence-corrected chi connectivity index (χ1v) is 19.6. The van der Waals surface area contributed by atoms with Crippen LogP contribution in [0.1, 0.15) is 11.1 Å².